The van der Waals surface area contributed by atoms with Crippen molar-refractivity contribution in [3.8, 4) is 16.9 Å². The normalized spacial score (nSPS) is 11.5. The minimum absolute atomic E-state index is 0.241. The van der Waals surface area contributed by atoms with Gasteiger partial charge in [-0.2, -0.15) is 15.4 Å². The Balaban J connectivity index is 1.81. The van der Waals surface area contributed by atoms with Crippen molar-refractivity contribution in [2.75, 3.05) is 0 Å². The van der Waals surface area contributed by atoms with E-state index in [2.05, 4.69) is 15.4 Å². The second-order valence-electron chi connectivity index (χ2n) is 6.96. The highest BCUT2D eigenvalue weighted by Gasteiger charge is 2.14. The summed E-state index contributed by atoms with van der Waals surface area (Å²) >= 11 is 0. The van der Waals surface area contributed by atoms with Crippen LogP contribution < -0.4 is 5.56 Å². The van der Waals surface area contributed by atoms with Crippen LogP contribution >= 0.6 is 0 Å². The van der Waals surface area contributed by atoms with Crippen LogP contribution in [0.4, 0.5) is 4.39 Å². The first-order valence-corrected chi connectivity index (χ1v) is 9.57. The number of nitrogens with one attached hydrogen (secondary N) is 1. The molecule has 30 heavy (non-hydrogen) atoms. The average molecular weight is 409 g/mol. The second-order valence-corrected chi connectivity index (χ2v) is 6.96. The highest BCUT2D eigenvalue weighted by Crippen LogP contribution is 2.21. The molecule has 0 aliphatic rings. The predicted molar refractivity (Wildman–Crippen MR) is 108 cm³/mol. The molecule has 0 bridgehead atoms. The number of nitrogens with zero attached hydrogens (tertiary/aromatic N) is 4. The third-order valence-corrected chi connectivity index (χ3v) is 4.85. The summed E-state index contributed by atoms with van der Waals surface area (Å²) in [7, 11) is 0. The maximum atomic E-state index is 13.4. The summed E-state index contributed by atoms with van der Waals surface area (Å²) in [5.74, 6) is 0.125. The van der Waals surface area contributed by atoms with Gasteiger partial charge in [0.25, 0.3) is 5.56 Å². The summed E-state index contributed by atoms with van der Waals surface area (Å²) in [5.41, 5.74) is 2.21. The van der Waals surface area contributed by atoms with Crippen LogP contribution in [0.2, 0.25) is 0 Å². The van der Waals surface area contributed by atoms with E-state index in [9.17, 15) is 9.18 Å². The number of rotatable bonds is 7. The van der Waals surface area contributed by atoms with Crippen LogP contribution in [0.15, 0.2) is 53.5 Å². The molecule has 0 fully saturated rings. The van der Waals surface area contributed by atoms with Gasteiger partial charge in [-0.15, -0.1) is 0 Å². The van der Waals surface area contributed by atoms with Crippen LogP contribution in [0.25, 0.3) is 27.8 Å². The number of hydrogen-bond acceptors (Lipinski definition) is 6. The lowest BCUT2D eigenvalue weighted by Gasteiger charge is -2.14. The van der Waals surface area contributed by atoms with Crippen LogP contribution in [0, 0.1) is 5.82 Å². The second kappa shape index (κ2) is 8.52. The molecule has 0 atom stereocenters. The van der Waals surface area contributed by atoms with E-state index in [1.54, 1.807) is 24.4 Å². The summed E-state index contributed by atoms with van der Waals surface area (Å²) < 4.78 is 14.9. The summed E-state index contributed by atoms with van der Waals surface area (Å²) in [6, 6.07) is 10.9. The van der Waals surface area contributed by atoms with E-state index in [-0.39, 0.29) is 12.0 Å². The molecule has 0 unspecified atom stereocenters. The van der Waals surface area contributed by atoms with E-state index in [4.69, 9.17) is 15.2 Å². The lowest BCUT2D eigenvalue weighted by atomic mass is 10.1. The summed E-state index contributed by atoms with van der Waals surface area (Å²) in [6.07, 6.45) is 2.09. The molecule has 154 valence electrons. The maximum Gasteiger partial charge on any atom is 0.265 e. The number of aromatic amines is 1. The molecule has 0 saturated heterocycles. The van der Waals surface area contributed by atoms with E-state index in [0.717, 1.165) is 5.56 Å². The Morgan fingerprint density at radius 2 is 1.90 bits per heavy atom. The predicted octanol–water partition coefficient (Wildman–Crippen LogP) is 2.33. The molecule has 2 aromatic heterocycles. The SMILES string of the molecule is O=c1c2ccc(-c3cn[nH]n3)cc2nc(CCCCC(O)O)n1-c1ccc(F)cc1. The molecule has 0 saturated carbocycles. The number of aromatic nitrogens is 5. The van der Waals surface area contributed by atoms with Gasteiger partial charge in [-0.25, -0.2) is 9.37 Å². The Kier molecular flexibility index (Phi) is 5.64. The van der Waals surface area contributed by atoms with Gasteiger partial charge in [-0.3, -0.25) is 9.36 Å². The van der Waals surface area contributed by atoms with Crippen molar-refractivity contribution in [3.63, 3.8) is 0 Å². The molecular weight excluding hydrogens is 389 g/mol. The van der Waals surface area contributed by atoms with Gasteiger partial charge >= 0.3 is 0 Å². The lowest BCUT2D eigenvalue weighted by molar-refractivity contribution is -0.0465. The zero-order valence-corrected chi connectivity index (χ0v) is 16.0. The van der Waals surface area contributed by atoms with Gasteiger partial charge in [0.05, 0.1) is 22.8 Å². The molecule has 0 aliphatic carbocycles. The quantitative estimate of drug-likeness (QED) is 0.319. The number of halogens is 1. The average Bonchev–Trinajstić information content (AvgIpc) is 3.27. The first-order chi connectivity index (χ1) is 14.5. The first-order valence-electron chi connectivity index (χ1n) is 9.57. The summed E-state index contributed by atoms with van der Waals surface area (Å²) in [4.78, 5) is 18.0. The molecule has 0 spiro atoms. The fourth-order valence-corrected chi connectivity index (χ4v) is 3.37. The zero-order valence-electron chi connectivity index (χ0n) is 16.0. The van der Waals surface area contributed by atoms with Gasteiger partial charge in [0, 0.05) is 12.0 Å². The van der Waals surface area contributed by atoms with E-state index in [1.807, 2.05) is 0 Å². The van der Waals surface area contributed by atoms with Crippen molar-refractivity contribution in [2.45, 2.75) is 32.0 Å². The monoisotopic (exact) mass is 409 g/mol. The van der Waals surface area contributed by atoms with Gasteiger partial charge in [-0.05, 0) is 55.7 Å². The third kappa shape index (κ3) is 4.12. The van der Waals surface area contributed by atoms with Gasteiger partial charge in [0.15, 0.2) is 6.29 Å². The van der Waals surface area contributed by atoms with Crippen molar-refractivity contribution in [1.29, 1.82) is 0 Å². The molecule has 2 heterocycles. The fraction of sp³-hybridized carbons (Fsp3) is 0.238. The van der Waals surface area contributed by atoms with Gasteiger partial charge in [0.2, 0.25) is 0 Å². The number of fused-ring (bicyclic) bond motifs is 1. The molecule has 3 N–H and O–H groups in total. The van der Waals surface area contributed by atoms with Crippen molar-refractivity contribution >= 4 is 10.9 Å². The van der Waals surface area contributed by atoms with Crippen molar-refractivity contribution in [2.24, 2.45) is 0 Å². The van der Waals surface area contributed by atoms with E-state index < -0.39 is 12.1 Å². The fourth-order valence-electron chi connectivity index (χ4n) is 3.37. The van der Waals surface area contributed by atoms with Crippen LogP contribution in [-0.4, -0.2) is 41.5 Å². The number of hydrogen-bond donors (Lipinski definition) is 3. The number of aryl methyl sites for hydroxylation is 1. The number of aliphatic hydroxyl groups excluding tert-OH is 1. The minimum Gasteiger partial charge on any atom is -0.368 e. The topological polar surface area (TPSA) is 117 Å². The molecule has 2 aromatic carbocycles. The molecule has 4 aromatic rings. The first kappa shape index (κ1) is 19.9. The number of H-pyrrole nitrogens is 1. The Bertz CT molecular complexity index is 1200. The Morgan fingerprint density at radius 1 is 1.10 bits per heavy atom. The van der Waals surface area contributed by atoms with E-state index >= 15 is 0 Å². The Labute approximate surface area is 170 Å². The van der Waals surface area contributed by atoms with Crippen molar-refractivity contribution < 1.29 is 14.6 Å². The summed E-state index contributed by atoms with van der Waals surface area (Å²) in [6.45, 7) is 0. The van der Waals surface area contributed by atoms with Crippen LogP contribution in [-0.2, 0) is 6.42 Å². The Hall–Kier alpha value is -3.43. The highest BCUT2D eigenvalue weighted by atomic mass is 19.1. The maximum absolute atomic E-state index is 13.4. The van der Waals surface area contributed by atoms with Crippen molar-refractivity contribution in [1.82, 2.24) is 25.0 Å². The van der Waals surface area contributed by atoms with Crippen LogP contribution in [0.5, 0.6) is 0 Å². The van der Waals surface area contributed by atoms with E-state index in [0.29, 0.717) is 47.4 Å². The largest absolute Gasteiger partial charge is 0.368 e. The minimum atomic E-state index is -1.36. The molecule has 8 nitrogen and oxygen atoms in total. The smallest absolute Gasteiger partial charge is 0.265 e. The lowest BCUT2D eigenvalue weighted by Crippen LogP contribution is -2.24. The molecular formula is C21H20FN5O3. The molecule has 0 amide bonds. The Morgan fingerprint density at radius 3 is 2.60 bits per heavy atom. The third-order valence-electron chi connectivity index (χ3n) is 4.85. The van der Waals surface area contributed by atoms with Crippen molar-refractivity contribution in [3.05, 3.63) is 70.7 Å². The number of unbranched alkanes of at least 4 members (excludes halogenated alkanes) is 1. The van der Waals surface area contributed by atoms with Crippen LogP contribution in [0.1, 0.15) is 25.1 Å². The van der Waals surface area contributed by atoms with Crippen LogP contribution in [0.3, 0.4) is 0 Å². The zero-order chi connectivity index (χ0) is 21.1. The molecule has 0 radical (unpaired) electrons. The van der Waals surface area contributed by atoms with Gasteiger partial charge in [0.1, 0.15) is 17.3 Å². The standard InChI is InChI=1S/C21H20FN5O3/c22-14-6-8-15(9-7-14)27-19(3-1-2-4-20(28)29)24-17-11-13(18-12-23-26-25-18)5-10-16(17)21(27)30/h5-12,20,28-29H,1-4H2,(H,23,25,26). The highest BCUT2D eigenvalue weighted by molar-refractivity contribution is 5.83. The number of benzene rings is 2. The molecule has 0 aliphatic heterocycles. The van der Waals surface area contributed by atoms with Gasteiger partial charge in [-0.1, -0.05) is 6.07 Å². The number of aliphatic hydroxyl groups is 2. The molecule has 4 rings (SSSR count). The summed E-state index contributed by atoms with van der Waals surface area (Å²) in [5, 5.41) is 29.0. The van der Waals surface area contributed by atoms with Gasteiger partial charge < -0.3 is 10.2 Å². The molecule has 9 heteroatoms. The van der Waals surface area contributed by atoms with E-state index in [1.165, 1.54) is 28.8 Å².